The van der Waals surface area contributed by atoms with E-state index in [0.717, 1.165) is 55.2 Å². The van der Waals surface area contributed by atoms with Crippen LogP contribution in [0.3, 0.4) is 0 Å². The van der Waals surface area contributed by atoms with Crippen LogP contribution < -0.4 is 0 Å². The minimum Gasteiger partial charge on any atom is -0.288 e. The number of pyridine rings is 2. The van der Waals surface area contributed by atoms with E-state index in [2.05, 4.69) is 9.97 Å². The molecule has 0 amide bonds. The first-order valence-corrected chi connectivity index (χ1v) is 20.0. The van der Waals surface area contributed by atoms with E-state index in [4.69, 9.17) is 9.97 Å². The van der Waals surface area contributed by atoms with E-state index in [1.165, 1.54) is 34.8 Å². The molecule has 0 aliphatic carbocycles. The van der Waals surface area contributed by atoms with Gasteiger partial charge in [0.25, 0.3) is 0 Å². The average Bonchev–Trinajstić information content (AvgIpc) is 4.05. The van der Waals surface area contributed by atoms with Gasteiger partial charge in [-0.1, -0.05) is 0 Å². The summed E-state index contributed by atoms with van der Waals surface area (Å²) in [6.07, 6.45) is 1.98. The molecular formula is C40H10F10N4O2S4. The van der Waals surface area contributed by atoms with Gasteiger partial charge in [-0.3, -0.25) is 19.6 Å². The molecule has 0 saturated carbocycles. The second-order valence-corrected chi connectivity index (χ2v) is 17.2. The number of halogens is 10. The van der Waals surface area contributed by atoms with Crippen molar-refractivity contribution in [3.8, 4) is 19.8 Å². The molecule has 6 nitrogen and oxygen atoms in total. The molecule has 0 bridgehead atoms. The van der Waals surface area contributed by atoms with Gasteiger partial charge < -0.3 is 0 Å². The monoisotopic (exact) mass is 896 g/mol. The number of carbonyl (C=O) groups is 2. The normalized spacial score (nSPS) is 12.0. The van der Waals surface area contributed by atoms with Gasteiger partial charge in [-0.05, 0) is 59.3 Å². The lowest BCUT2D eigenvalue weighted by Crippen LogP contribution is -2.13. The van der Waals surface area contributed by atoms with Crippen molar-refractivity contribution in [3.63, 3.8) is 0 Å². The van der Waals surface area contributed by atoms with E-state index in [9.17, 15) is 53.5 Å². The van der Waals surface area contributed by atoms with Gasteiger partial charge in [-0.2, -0.15) is 0 Å². The van der Waals surface area contributed by atoms with Crippen LogP contribution in [0.4, 0.5) is 43.9 Å². The summed E-state index contributed by atoms with van der Waals surface area (Å²) >= 11 is 5.03. The number of thiazole rings is 2. The molecule has 0 spiro atoms. The SMILES string of the molecule is O=C(c1cnc2cc(-c3nc4cc5cc6sc(-c7cc8ncc(C(=O)c9c(F)c(F)c(F)c(F)c9F)cc8s7)nc6cc5cc4s3)sc2c1)c1c(F)c(F)c(F)c(F)c1F. The van der Waals surface area contributed by atoms with Crippen LogP contribution in [0.2, 0.25) is 0 Å². The summed E-state index contributed by atoms with van der Waals surface area (Å²) in [7, 11) is 0. The molecule has 10 rings (SSSR count). The summed E-state index contributed by atoms with van der Waals surface area (Å²) in [5, 5.41) is 2.86. The Balaban J connectivity index is 0.943. The summed E-state index contributed by atoms with van der Waals surface area (Å²) in [6.45, 7) is 0. The summed E-state index contributed by atoms with van der Waals surface area (Å²) in [5.41, 5.74) is -1.80. The van der Waals surface area contributed by atoms with Crippen molar-refractivity contribution in [2.75, 3.05) is 0 Å². The largest absolute Gasteiger partial charge is 0.288 e. The average molecular weight is 897 g/mol. The molecule has 0 saturated heterocycles. The standard InChI is InChI=1S/C40H10F10N4O2S4/c41-27-25(28(42)32(46)35(49)31(27)45)37(55)13-5-19-15(51-9-13)7-23(57-19)39-53-17-1-11-3-22-18(2-12(11)4-21(17)59-39)54-40(60-22)24-8-16-20(58-24)6-14(10-52-16)38(56)26-29(43)33(47)36(50)34(48)30(26)44/h1-10H. The number of fused-ring (bicyclic) bond motifs is 5. The van der Waals surface area contributed by atoms with Gasteiger partial charge in [0, 0.05) is 23.5 Å². The van der Waals surface area contributed by atoms with E-state index in [1.54, 1.807) is 12.1 Å². The second kappa shape index (κ2) is 13.7. The molecule has 60 heavy (non-hydrogen) atoms. The number of benzene rings is 4. The van der Waals surface area contributed by atoms with Gasteiger partial charge in [-0.15, -0.1) is 45.3 Å². The van der Waals surface area contributed by atoms with Crippen LogP contribution in [0.5, 0.6) is 0 Å². The maximum Gasteiger partial charge on any atom is 0.200 e. The first kappa shape index (κ1) is 38.0. The number of ketones is 2. The van der Waals surface area contributed by atoms with Gasteiger partial charge in [0.1, 0.15) is 21.1 Å². The third-order valence-corrected chi connectivity index (χ3v) is 13.9. The minimum atomic E-state index is -2.38. The smallest absolute Gasteiger partial charge is 0.200 e. The molecule has 0 aliphatic heterocycles. The highest BCUT2D eigenvalue weighted by Gasteiger charge is 2.32. The zero-order valence-electron chi connectivity index (χ0n) is 28.8. The van der Waals surface area contributed by atoms with Crippen LogP contribution in [0.25, 0.3) is 71.4 Å². The summed E-state index contributed by atoms with van der Waals surface area (Å²) in [6, 6.07) is 13.6. The first-order chi connectivity index (χ1) is 28.7. The lowest BCUT2D eigenvalue weighted by Gasteiger charge is -2.07. The molecule has 4 aromatic carbocycles. The van der Waals surface area contributed by atoms with Crippen molar-refractivity contribution in [1.29, 1.82) is 0 Å². The fourth-order valence-corrected chi connectivity index (χ4v) is 10.7. The number of hydrogen-bond donors (Lipinski definition) is 0. The van der Waals surface area contributed by atoms with Gasteiger partial charge >= 0.3 is 0 Å². The van der Waals surface area contributed by atoms with Crippen LogP contribution in [0.1, 0.15) is 31.8 Å². The van der Waals surface area contributed by atoms with E-state index in [0.29, 0.717) is 51.2 Å². The van der Waals surface area contributed by atoms with Gasteiger partial charge in [0.05, 0.1) is 50.6 Å². The molecule has 0 N–H and O–H groups in total. The van der Waals surface area contributed by atoms with E-state index in [-0.39, 0.29) is 11.1 Å². The van der Waals surface area contributed by atoms with E-state index >= 15 is 0 Å². The molecule has 10 aromatic rings. The fourth-order valence-electron chi connectivity index (χ4n) is 6.50. The highest BCUT2D eigenvalue weighted by atomic mass is 32.1. The topological polar surface area (TPSA) is 85.7 Å². The van der Waals surface area contributed by atoms with E-state index < -0.39 is 80.9 Å². The Labute approximate surface area is 341 Å². The minimum absolute atomic E-state index is 0.382. The maximum atomic E-state index is 14.4. The van der Waals surface area contributed by atoms with Crippen LogP contribution in [0.15, 0.2) is 60.9 Å². The van der Waals surface area contributed by atoms with Crippen molar-refractivity contribution >= 4 is 109 Å². The Morgan fingerprint density at radius 2 is 0.717 bits per heavy atom. The third-order valence-electron chi connectivity index (χ3n) is 9.41. The van der Waals surface area contributed by atoms with Crippen molar-refractivity contribution < 1.29 is 53.5 Å². The predicted molar refractivity (Wildman–Crippen MR) is 207 cm³/mol. The summed E-state index contributed by atoms with van der Waals surface area (Å²) < 4.78 is 142. The molecule has 296 valence electrons. The molecule has 0 atom stereocenters. The quantitative estimate of drug-likeness (QED) is 0.0715. The number of hydrogen-bond acceptors (Lipinski definition) is 10. The maximum absolute atomic E-state index is 14.4. The number of nitrogens with zero attached hydrogens (tertiary/aromatic N) is 4. The Kier molecular flexibility index (Phi) is 8.65. The van der Waals surface area contributed by atoms with Crippen LogP contribution in [-0.4, -0.2) is 31.5 Å². The van der Waals surface area contributed by atoms with Crippen molar-refractivity contribution in [2.24, 2.45) is 0 Å². The number of thiophene rings is 2. The highest BCUT2D eigenvalue weighted by Crippen LogP contribution is 2.42. The molecule has 0 unspecified atom stereocenters. The Hall–Kier alpha value is -6.22. The van der Waals surface area contributed by atoms with Crippen molar-refractivity contribution in [3.05, 3.63) is 141 Å². The number of rotatable bonds is 6. The fraction of sp³-hybridized carbons (Fsp3) is 0. The molecule has 0 fully saturated rings. The Morgan fingerprint density at radius 3 is 1.08 bits per heavy atom. The molecule has 6 heterocycles. The van der Waals surface area contributed by atoms with Gasteiger partial charge in [-0.25, -0.2) is 53.9 Å². The predicted octanol–water partition coefficient (Wildman–Crippen LogP) is 12.5. The highest BCUT2D eigenvalue weighted by molar-refractivity contribution is 7.28. The van der Waals surface area contributed by atoms with Gasteiger partial charge in [0.2, 0.25) is 23.2 Å². The van der Waals surface area contributed by atoms with Gasteiger partial charge in [0.15, 0.2) is 46.5 Å². The second-order valence-electron chi connectivity index (χ2n) is 13.0. The van der Waals surface area contributed by atoms with Crippen LogP contribution in [-0.2, 0) is 0 Å². The zero-order chi connectivity index (χ0) is 42.0. The lowest BCUT2D eigenvalue weighted by molar-refractivity contribution is 0.101. The summed E-state index contributed by atoms with van der Waals surface area (Å²) in [4.78, 5) is 45.0. The summed E-state index contributed by atoms with van der Waals surface area (Å²) in [5.74, 6) is -25.5. The third kappa shape index (κ3) is 5.80. The molecule has 20 heteroatoms. The number of carbonyl (C=O) groups excluding carboxylic acids is 2. The zero-order valence-corrected chi connectivity index (χ0v) is 32.1. The first-order valence-electron chi connectivity index (χ1n) is 16.7. The lowest BCUT2D eigenvalue weighted by atomic mass is 10.0. The number of aromatic nitrogens is 4. The molecular weight excluding hydrogens is 887 g/mol. The van der Waals surface area contributed by atoms with Crippen LogP contribution >= 0.6 is 45.3 Å². The van der Waals surface area contributed by atoms with Crippen molar-refractivity contribution in [2.45, 2.75) is 0 Å². The molecule has 0 aliphatic rings. The Morgan fingerprint density at radius 1 is 0.383 bits per heavy atom. The Bertz CT molecular complexity index is 3220. The van der Waals surface area contributed by atoms with Crippen LogP contribution in [0, 0.1) is 58.2 Å². The van der Waals surface area contributed by atoms with E-state index in [1.807, 2.05) is 24.3 Å². The molecule has 6 aromatic heterocycles. The van der Waals surface area contributed by atoms with Crippen molar-refractivity contribution in [1.82, 2.24) is 19.9 Å². The molecule has 0 radical (unpaired) electrons.